The summed E-state index contributed by atoms with van der Waals surface area (Å²) in [6.45, 7) is 7.03. The van der Waals surface area contributed by atoms with Crippen molar-refractivity contribution in [2.24, 2.45) is 16.8 Å². The summed E-state index contributed by atoms with van der Waals surface area (Å²) in [6, 6.07) is 5.72. The van der Waals surface area contributed by atoms with E-state index >= 15 is 0 Å². The number of esters is 1. The summed E-state index contributed by atoms with van der Waals surface area (Å²) in [5.74, 6) is -1.13. The second kappa shape index (κ2) is 21.9. The van der Waals surface area contributed by atoms with Gasteiger partial charge in [0.25, 0.3) is 12.9 Å². The lowest BCUT2D eigenvalue weighted by Gasteiger charge is -2.22. The summed E-state index contributed by atoms with van der Waals surface area (Å²) < 4.78 is 139. The first kappa shape index (κ1) is 49.4. The molecule has 0 atom stereocenters. The zero-order valence-corrected chi connectivity index (χ0v) is 33.9. The Morgan fingerprint density at radius 1 is 0.737 bits per heavy atom. The smallest absolute Gasteiger partial charge is 0.434 e. The van der Waals surface area contributed by atoms with Crippen LogP contribution < -0.4 is 0 Å². The monoisotopic (exact) mass is 876 g/mol. The number of carbonyl (C=O) groups excluding carboxylic acids is 3. The molecule has 1 aliphatic rings. The van der Waals surface area contributed by atoms with E-state index < -0.39 is 86.4 Å². The quantitative estimate of drug-likeness (QED) is 0.144. The Hall–Kier alpha value is -3.72. The van der Waals surface area contributed by atoms with Gasteiger partial charge in [-0.3, -0.25) is 19.6 Å². The Kier molecular flexibility index (Phi) is 19.0. The second-order valence-electron chi connectivity index (χ2n) is 12.5. The fourth-order valence-electron chi connectivity index (χ4n) is 5.27. The molecule has 0 saturated heterocycles. The first-order chi connectivity index (χ1) is 26.5. The number of pyridine rings is 3. The van der Waals surface area contributed by atoms with E-state index in [0.717, 1.165) is 18.9 Å². The highest BCUT2D eigenvalue weighted by atomic mass is 32.2. The third kappa shape index (κ3) is 13.4. The summed E-state index contributed by atoms with van der Waals surface area (Å²) in [4.78, 5) is 50.4. The minimum atomic E-state index is -5.10. The second-order valence-corrected chi connectivity index (χ2v) is 15.1. The van der Waals surface area contributed by atoms with Crippen LogP contribution in [0.15, 0.2) is 35.6 Å². The molecule has 0 saturated carbocycles. The molecule has 8 nitrogen and oxygen atoms in total. The summed E-state index contributed by atoms with van der Waals surface area (Å²) in [5, 5.41) is -1.75. The molecule has 0 N–H and O–H groups in total. The topological polar surface area (TPSA) is 111 Å². The molecular weight excluding hydrogens is 839 g/mol. The van der Waals surface area contributed by atoms with Crippen LogP contribution in [0.5, 0.6) is 0 Å². The zero-order valence-electron chi connectivity index (χ0n) is 31.5. The molecule has 0 unspecified atom stereocenters. The maximum Gasteiger partial charge on any atom is 0.434 e. The number of carbonyl (C=O) groups is 3. The number of rotatable bonds is 10. The fraction of sp³-hybridized carbons (Fsp3) is 0.472. The molecule has 314 valence electrons. The van der Waals surface area contributed by atoms with Gasteiger partial charge in [-0.2, -0.15) is 26.3 Å². The van der Waals surface area contributed by atoms with Crippen molar-refractivity contribution in [2.75, 3.05) is 31.9 Å². The molecule has 0 spiro atoms. The van der Waals surface area contributed by atoms with Gasteiger partial charge in [-0.15, -0.1) is 11.8 Å². The van der Waals surface area contributed by atoms with Gasteiger partial charge in [-0.1, -0.05) is 57.3 Å². The first-order valence-electron chi connectivity index (χ1n) is 16.6. The van der Waals surface area contributed by atoms with Crippen molar-refractivity contribution in [1.82, 2.24) is 15.0 Å². The van der Waals surface area contributed by atoms with E-state index in [2.05, 4.69) is 24.7 Å². The van der Waals surface area contributed by atoms with Gasteiger partial charge in [0.2, 0.25) is 10.2 Å². The average molecular weight is 877 g/mol. The maximum atomic E-state index is 13.6. The number of halogens is 10. The van der Waals surface area contributed by atoms with Crippen molar-refractivity contribution in [1.29, 1.82) is 0 Å². The van der Waals surface area contributed by atoms with Gasteiger partial charge in [0.1, 0.15) is 16.4 Å². The van der Waals surface area contributed by atoms with Crippen molar-refractivity contribution in [3.63, 3.8) is 0 Å². The molecule has 3 aromatic rings. The summed E-state index contributed by atoms with van der Waals surface area (Å²) in [7, 11) is 0.982. The maximum absolute atomic E-state index is 13.6. The summed E-state index contributed by atoms with van der Waals surface area (Å²) >= 11 is 2.17. The van der Waals surface area contributed by atoms with Crippen LogP contribution in [0.25, 0.3) is 0 Å². The third-order valence-electron chi connectivity index (χ3n) is 7.37. The Labute approximate surface area is 334 Å². The highest BCUT2D eigenvalue weighted by Gasteiger charge is 2.44. The standard InChI is InChI=1S/C16H17F5N2O2S.C15H16F5NO2S2.C5H5N/c1-7(2)6-8-9(15(24)25-3)11(13(17)18)23-12(16(19,20)21)10(8)14-22-4-5-26-14;1-6(2)5-7-8(13(22)24-3)10(12(16)17)21-11(15(18,19)20)9(7)14(23)25-4;1-2-4-6-5-3-1/h7,13H,4-6H2,1-3H3;6,12H,5H2,1-4H3;1-5H. The molecule has 21 heteroatoms. The highest BCUT2D eigenvalue weighted by Crippen LogP contribution is 2.41. The van der Waals surface area contributed by atoms with Crippen molar-refractivity contribution < 1.29 is 63.0 Å². The molecule has 0 aromatic carbocycles. The van der Waals surface area contributed by atoms with E-state index in [4.69, 9.17) is 0 Å². The van der Waals surface area contributed by atoms with Crippen LogP contribution >= 0.6 is 35.3 Å². The number of ether oxygens (including phenoxy) is 1. The molecule has 0 fully saturated rings. The van der Waals surface area contributed by atoms with Crippen molar-refractivity contribution in [3.05, 3.63) is 86.7 Å². The number of aliphatic imine (C=N–C) groups is 1. The SMILES string of the molecule is COC(=O)c1c(C(F)F)nc(C(F)(F)F)c(C2=NCCS2)c1CC(C)C.CSC(=O)c1c(C(F)F)nc(C(F)(F)F)c(C(=O)SC)c1CC(C)C.c1ccncc1. The van der Waals surface area contributed by atoms with Gasteiger partial charge in [0.05, 0.1) is 23.8 Å². The molecule has 0 radical (unpaired) electrons. The normalized spacial score (nSPS) is 13.0. The predicted molar refractivity (Wildman–Crippen MR) is 201 cm³/mol. The van der Waals surface area contributed by atoms with Gasteiger partial charge < -0.3 is 4.74 Å². The zero-order chi connectivity index (χ0) is 43.4. The molecule has 1 aliphatic heterocycles. The van der Waals surface area contributed by atoms with Crippen molar-refractivity contribution >= 4 is 56.5 Å². The van der Waals surface area contributed by atoms with Crippen LogP contribution in [-0.4, -0.2) is 68.1 Å². The largest absolute Gasteiger partial charge is 0.465 e. The van der Waals surface area contributed by atoms with Crippen LogP contribution in [-0.2, 0) is 29.9 Å². The number of alkyl halides is 10. The van der Waals surface area contributed by atoms with Crippen LogP contribution in [0, 0.1) is 11.8 Å². The highest BCUT2D eigenvalue weighted by molar-refractivity contribution is 8.14. The van der Waals surface area contributed by atoms with E-state index in [9.17, 15) is 58.3 Å². The van der Waals surface area contributed by atoms with Gasteiger partial charge in [0, 0.05) is 30.3 Å². The number of thioether (sulfide) groups is 3. The van der Waals surface area contributed by atoms with Crippen LogP contribution in [0.3, 0.4) is 0 Å². The van der Waals surface area contributed by atoms with Gasteiger partial charge in [0.15, 0.2) is 11.4 Å². The van der Waals surface area contributed by atoms with Crippen LogP contribution in [0.4, 0.5) is 43.9 Å². The Bertz CT molecular complexity index is 1870. The molecule has 0 aliphatic carbocycles. The van der Waals surface area contributed by atoms with E-state index in [0.29, 0.717) is 35.8 Å². The number of nitrogens with zero attached hydrogens (tertiary/aromatic N) is 4. The Morgan fingerprint density at radius 2 is 1.21 bits per heavy atom. The summed E-state index contributed by atoms with van der Waals surface area (Å²) in [6.07, 6.45) is -10.9. The van der Waals surface area contributed by atoms with Crippen LogP contribution in [0.1, 0.15) is 111 Å². The lowest BCUT2D eigenvalue weighted by atomic mass is 9.91. The number of aromatic nitrogens is 3. The lowest BCUT2D eigenvalue weighted by molar-refractivity contribution is -0.142. The first-order valence-corrected chi connectivity index (χ1v) is 20.1. The Morgan fingerprint density at radius 3 is 1.58 bits per heavy atom. The van der Waals surface area contributed by atoms with E-state index in [1.54, 1.807) is 40.1 Å². The van der Waals surface area contributed by atoms with Crippen molar-refractivity contribution in [3.8, 4) is 0 Å². The minimum absolute atomic E-state index is 0.0231. The minimum Gasteiger partial charge on any atom is -0.465 e. The fourth-order valence-corrected chi connectivity index (χ4v) is 7.05. The van der Waals surface area contributed by atoms with Crippen LogP contribution in [0.2, 0.25) is 0 Å². The van der Waals surface area contributed by atoms with Crippen molar-refractivity contribution in [2.45, 2.75) is 65.7 Å². The van der Waals surface area contributed by atoms with Gasteiger partial charge in [-0.25, -0.2) is 32.3 Å². The third-order valence-corrected chi connectivity index (χ3v) is 9.51. The van der Waals surface area contributed by atoms with E-state index in [1.807, 2.05) is 18.2 Å². The molecule has 0 bridgehead atoms. The molecule has 4 heterocycles. The van der Waals surface area contributed by atoms with E-state index in [-0.39, 0.29) is 40.8 Å². The molecule has 3 aromatic heterocycles. The summed E-state index contributed by atoms with van der Waals surface area (Å²) in [5.41, 5.74) is -8.42. The molecular formula is C36H38F10N4O4S3. The average Bonchev–Trinajstić information content (AvgIpc) is 3.67. The predicted octanol–water partition coefficient (Wildman–Crippen LogP) is 10.8. The lowest BCUT2D eigenvalue weighted by Crippen LogP contribution is -2.24. The van der Waals surface area contributed by atoms with Gasteiger partial charge in [-0.05, 0) is 60.4 Å². The Balaban J connectivity index is 0.000000342. The molecule has 0 amide bonds. The number of methoxy groups -OCH3 is 1. The number of hydrogen-bond donors (Lipinski definition) is 0. The van der Waals surface area contributed by atoms with E-state index in [1.165, 1.54) is 12.5 Å². The van der Waals surface area contributed by atoms with Gasteiger partial charge >= 0.3 is 18.3 Å². The molecule has 4 rings (SSSR count). The molecule has 57 heavy (non-hydrogen) atoms. The number of hydrogen-bond acceptors (Lipinski definition) is 11.